The van der Waals surface area contributed by atoms with Crippen molar-refractivity contribution >= 4 is 11.9 Å². The Hall–Kier alpha value is -1.06. The van der Waals surface area contributed by atoms with E-state index >= 15 is 0 Å². The fraction of sp³-hybridized carbons (Fsp3) is 0.600. The zero-order chi connectivity index (χ0) is 7.44. The van der Waals surface area contributed by atoms with Gasteiger partial charge in [-0.1, -0.05) is 0 Å². The van der Waals surface area contributed by atoms with Gasteiger partial charge in [0, 0.05) is 7.05 Å². The molecule has 2 N–H and O–H groups in total. The van der Waals surface area contributed by atoms with Gasteiger partial charge in [-0.2, -0.15) is 0 Å². The van der Waals surface area contributed by atoms with Crippen LogP contribution in [0.1, 0.15) is 6.92 Å². The Morgan fingerprint density at radius 2 is 2.00 bits per heavy atom. The smallest absolute Gasteiger partial charge is 0.315 e. The van der Waals surface area contributed by atoms with Crippen molar-refractivity contribution in [2.24, 2.45) is 5.92 Å². The quantitative estimate of drug-likeness (QED) is 0.494. The van der Waals surface area contributed by atoms with Crippen LogP contribution in [-0.4, -0.2) is 24.0 Å². The number of carbonyl (C=O) groups is 2. The maximum atomic E-state index is 10.5. The molecule has 1 atom stereocenters. The average Bonchev–Trinajstić information content (AvgIpc) is 1.84. The lowest BCUT2D eigenvalue weighted by atomic mass is 10.2. The van der Waals surface area contributed by atoms with Crippen LogP contribution in [-0.2, 0) is 9.59 Å². The second kappa shape index (κ2) is 3.06. The summed E-state index contributed by atoms with van der Waals surface area (Å²) in [6.07, 6.45) is 0. The van der Waals surface area contributed by atoms with Gasteiger partial charge >= 0.3 is 5.97 Å². The molecule has 0 aliphatic heterocycles. The van der Waals surface area contributed by atoms with Crippen molar-refractivity contribution in [1.82, 2.24) is 5.32 Å². The first-order valence-electron chi connectivity index (χ1n) is 2.54. The summed E-state index contributed by atoms with van der Waals surface area (Å²) in [5.41, 5.74) is 0. The predicted octanol–water partition coefficient (Wildman–Crippen LogP) is -0.547. The van der Waals surface area contributed by atoms with Crippen LogP contribution in [0.3, 0.4) is 0 Å². The largest absolute Gasteiger partial charge is 0.481 e. The highest BCUT2D eigenvalue weighted by Gasteiger charge is 2.17. The van der Waals surface area contributed by atoms with Gasteiger partial charge in [0.2, 0.25) is 5.91 Å². The van der Waals surface area contributed by atoms with Crippen molar-refractivity contribution in [1.29, 1.82) is 0 Å². The van der Waals surface area contributed by atoms with Gasteiger partial charge < -0.3 is 10.4 Å². The van der Waals surface area contributed by atoms with Crippen LogP contribution < -0.4 is 5.32 Å². The fourth-order valence-electron chi connectivity index (χ4n) is 0.329. The molecule has 0 radical (unpaired) electrons. The number of carboxylic acid groups (broad SMARTS) is 1. The molecular weight excluding hydrogens is 122 g/mol. The van der Waals surface area contributed by atoms with Crippen LogP contribution in [0, 0.1) is 5.92 Å². The molecule has 0 aromatic rings. The number of nitrogens with one attached hydrogen (secondary N) is 1. The molecule has 4 nitrogen and oxygen atoms in total. The molecule has 1 unspecified atom stereocenters. The maximum absolute atomic E-state index is 10.5. The summed E-state index contributed by atoms with van der Waals surface area (Å²) in [6.45, 7) is 1.33. The second-order valence-electron chi connectivity index (χ2n) is 1.67. The third kappa shape index (κ3) is 2.12. The molecule has 0 fully saturated rings. The van der Waals surface area contributed by atoms with E-state index < -0.39 is 17.8 Å². The highest BCUT2D eigenvalue weighted by Crippen LogP contribution is 1.91. The van der Waals surface area contributed by atoms with Crippen molar-refractivity contribution in [3.05, 3.63) is 0 Å². The number of hydrogen-bond donors (Lipinski definition) is 2. The van der Waals surface area contributed by atoms with Crippen molar-refractivity contribution in [3.8, 4) is 0 Å². The average molecular weight is 131 g/mol. The summed E-state index contributed by atoms with van der Waals surface area (Å²) in [5.74, 6) is -2.52. The number of amides is 1. The van der Waals surface area contributed by atoms with Crippen LogP contribution in [0.15, 0.2) is 0 Å². The topological polar surface area (TPSA) is 66.4 Å². The van der Waals surface area contributed by atoms with Gasteiger partial charge in [-0.3, -0.25) is 9.59 Å². The molecule has 0 rings (SSSR count). The molecule has 52 valence electrons. The minimum atomic E-state index is -1.10. The Kier molecular flexibility index (Phi) is 2.70. The zero-order valence-corrected chi connectivity index (χ0v) is 5.34. The van der Waals surface area contributed by atoms with Gasteiger partial charge in [0.25, 0.3) is 0 Å². The third-order valence-corrected chi connectivity index (χ3v) is 1.01. The van der Waals surface area contributed by atoms with Gasteiger partial charge in [-0.15, -0.1) is 0 Å². The number of rotatable bonds is 2. The van der Waals surface area contributed by atoms with Crippen molar-refractivity contribution in [2.45, 2.75) is 6.92 Å². The van der Waals surface area contributed by atoms with Gasteiger partial charge in [-0.05, 0) is 6.92 Å². The van der Waals surface area contributed by atoms with E-state index in [-0.39, 0.29) is 0 Å². The summed E-state index contributed by atoms with van der Waals surface area (Å²) < 4.78 is 0. The Morgan fingerprint density at radius 1 is 1.56 bits per heavy atom. The first-order chi connectivity index (χ1) is 4.09. The number of carbonyl (C=O) groups excluding carboxylic acids is 1. The molecule has 4 heteroatoms. The molecule has 0 bridgehead atoms. The number of aliphatic carboxylic acids is 1. The molecular formula is C5H9NO3. The van der Waals surface area contributed by atoms with E-state index in [1.54, 1.807) is 0 Å². The minimum Gasteiger partial charge on any atom is -0.481 e. The molecule has 0 saturated carbocycles. The molecule has 0 aliphatic rings. The summed E-state index contributed by atoms with van der Waals surface area (Å²) in [4.78, 5) is 20.5. The molecule has 0 saturated heterocycles. The Labute approximate surface area is 52.9 Å². The highest BCUT2D eigenvalue weighted by molar-refractivity contribution is 5.96. The monoisotopic (exact) mass is 131 g/mol. The normalized spacial score (nSPS) is 12.2. The fourth-order valence-corrected chi connectivity index (χ4v) is 0.329. The number of hydrogen-bond acceptors (Lipinski definition) is 2. The SMILES string of the molecule is CNC(=O)C(C)C(=O)O. The Balaban J connectivity index is 3.88. The van der Waals surface area contributed by atoms with E-state index in [4.69, 9.17) is 5.11 Å². The molecule has 0 heterocycles. The lowest BCUT2D eigenvalue weighted by Crippen LogP contribution is -2.30. The first-order valence-corrected chi connectivity index (χ1v) is 2.54. The Morgan fingerprint density at radius 3 is 2.11 bits per heavy atom. The van der Waals surface area contributed by atoms with E-state index in [0.29, 0.717) is 0 Å². The summed E-state index contributed by atoms with van der Waals surface area (Å²) in [7, 11) is 1.40. The summed E-state index contributed by atoms with van der Waals surface area (Å²) in [5, 5.41) is 10.4. The van der Waals surface area contributed by atoms with Crippen molar-refractivity contribution < 1.29 is 14.7 Å². The lowest BCUT2D eigenvalue weighted by molar-refractivity contribution is -0.145. The molecule has 0 aromatic heterocycles. The van der Waals surface area contributed by atoms with Crippen LogP contribution in [0.5, 0.6) is 0 Å². The maximum Gasteiger partial charge on any atom is 0.315 e. The molecule has 0 aromatic carbocycles. The molecule has 1 amide bonds. The standard InChI is InChI=1S/C5H9NO3/c1-3(5(8)9)4(7)6-2/h3H,1-2H3,(H,6,7)(H,8,9). The summed E-state index contributed by atoms with van der Waals surface area (Å²) >= 11 is 0. The minimum absolute atomic E-state index is 0.470. The van der Waals surface area contributed by atoms with Gasteiger partial charge in [0.15, 0.2) is 0 Å². The van der Waals surface area contributed by atoms with E-state index in [1.807, 2.05) is 0 Å². The van der Waals surface area contributed by atoms with Crippen molar-refractivity contribution in [2.75, 3.05) is 7.05 Å². The van der Waals surface area contributed by atoms with Crippen LogP contribution in [0.25, 0.3) is 0 Å². The van der Waals surface area contributed by atoms with Crippen LogP contribution >= 0.6 is 0 Å². The van der Waals surface area contributed by atoms with Gasteiger partial charge in [0.05, 0.1) is 0 Å². The van der Waals surface area contributed by atoms with E-state index in [9.17, 15) is 9.59 Å². The first kappa shape index (κ1) is 7.94. The Bertz CT molecular complexity index is 132. The molecule has 0 spiro atoms. The van der Waals surface area contributed by atoms with E-state index in [1.165, 1.54) is 14.0 Å². The van der Waals surface area contributed by atoms with Crippen molar-refractivity contribution in [3.63, 3.8) is 0 Å². The zero-order valence-electron chi connectivity index (χ0n) is 5.34. The lowest BCUT2D eigenvalue weighted by Gasteiger charge is -2.01. The van der Waals surface area contributed by atoms with Crippen LogP contribution in [0.4, 0.5) is 0 Å². The second-order valence-corrected chi connectivity index (χ2v) is 1.67. The molecule has 9 heavy (non-hydrogen) atoms. The van der Waals surface area contributed by atoms with Gasteiger partial charge in [-0.25, -0.2) is 0 Å². The van der Waals surface area contributed by atoms with E-state index in [2.05, 4.69) is 5.32 Å². The summed E-state index contributed by atoms with van der Waals surface area (Å²) in [6, 6.07) is 0. The van der Waals surface area contributed by atoms with E-state index in [0.717, 1.165) is 0 Å². The highest BCUT2D eigenvalue weighted by atomic mass is 16.4. The molecule has 0 aliphatic carbocycles. The predicted molar refractivity (Wildman–Crippen MR) is 30.9 cm³/mol. The van der Waals surface area contributed by atoms with Crippen LogP contribution in [0.2, 0.25) is 0 Å². The third-order valence-electron chi connectivity index (χ3n) is 1.01. The number of carboxylic acids is 1. The van der Waals surface area contributed by atoms with Gasteiger partial charge in [0.1, 0.15) is 5.92 Å².